The van der Waals surface area contributed by atoms with Gasteiger partial charge in [0.05, 0.1) is 35.9 Å². The number of amides is 2. The minimum atomic E-state index is -4.51. The Kier molecular flexibility index (Phi) is 10.3. The molecule has 2 aromatic carbocycles. The van der Waals surface area contributed by atoms with Crippen molar-refractivity contribution in [2.45, 2.75) is 76.6 Å². The number of carbonyl (C=O) groups excluding carboxylic acids is 2. The second kappa shape index (κ2) is 14.9. The number of piperidine rings is 2. The molecule has 11 nitrogen and oxygen atoms in total. The second-order valence-electron chi connectivity index (χ2n) is 14.6. The molecule has 0 spiro atoms. The second-order valence-corrected chi connectivity index (χ2v) is 14.6. The Labute approximate surface area is 306 Å². The number of carbonyl (C=O) groups is 2. The van der Waals surface area contributed by atoms with Crippen LogP contribution in [0.5, 0.6) is 0 Å². The van der Waals surface area contributed by atoms with E-state index in [4.69, 9.17) is 15.5 Å². The Morgan fingerprint density at radius 2 is 1.81 bits per heavy atom. The van der Waals surface area contributed by atoms with E-state index in [9.17, 15) is 22.8 Å². The number of hydrogen-bond donors (Lipinski definition) is 3. The molecule has 3 aliphatic rings. The van der Waals surface area contributed by atoms with Gasteiger partial charge in [-0.15, -0.1) is 5.10 Å². The summed E-state index contributed by atoms with van der Waals surface area (Å²) in [5, 5.41) is 16.0. The van der Waals surface area contributed by atoms with Crippen molar-refractivity contribution >= 4 is 39.9 Å². The standard InChI is InChI=1S/C39H45F3N8O3/c1-22-14-26(32-6-7-36(51)46-38(32)52)4-5-31(22)25-8-10-49(11-9-25)20-30-21-50(12-13-53-30)35-18-33-34(19-44-35)24(3)47-48-37(33)45-23(2)27-15-28(39(40,41)42)17-29(43)16-27/h4-5,14-19,23,25,30,32H,6-13,20-21,43H2,1-3H3,(H,45,48)(H,46,51,52)/t23-,30-,32?/m1/s1. The van der Waals surface area contributed by atoms with E-state index in [1.807, 2.05) is 13.0 Å². The highest BCUT2D eigenvalue weighted by Crippen LogP contribution is 2.36. The zero-order chi connectivity index (χ0) is 37.4. The number of nitrogens with two attached hydrogens (primary N) is 1. The van der Waals surface area contributed by atoms with Gasteiger partial charge < -0.3 is 25.6 Å². The van der Waals surface area contributed by atoms with Crippen LogP contribution in [0.25, 0.3) is 10.8 Å². The van der Waals surface area contributed by atoms with Crippen LogP contribution in [-0.2, 0) is 20.5 Å². The number of morpholine rings is 1. The predicted molar refractivity (Wildman–Crippen MR) is 197 cm³/mol. The fraction of sp³-hybridized carbons (Fsp3) is 0.462. The number of pyridine rings is 1. The van der Waals surface area contributed by atoms with Crippen molar-refractivity contribution in [2.24, 2.45) is 0 Å². The molecule has 4 aromatic rings. The molecule has 53 heavy (non-hydrogen) atoms. The number of alkyl halides is 3. The quantitative estimate of drug-likeness (QED) is 0.146. The number of benzene rings is 2. The van der Waals surface area contributed by atoms with Gasteiger partial charge in [0, 0.05) is 48.7 Å². The maximum absolute atomic E-state index is 13.5. The molecular formula is C39H45F3N8O3. The Morgan fingerprint density at radius 1 is 1.02 bits per heavy atom. The van der Waals surface area contributed by atoms with Crippen LogP contribution < -0.4 is 21.3 Å². The Hall–Kier alpha value is -4.82. The smallest absolute Gasteiger partial charge is 0.399 e. The first-order valence-corrected chi connectivity index (χ1v) is 18.2. The van der Waals surface area contributed by atoms with Gasteiger partial charge in [-0.25, -0.2) is 4.98 Å². The van der Waals surface area contributed by atoms with Gasteiger partial charge in [-0.3, -0.25) is 14.9 Å². The number of fused-ring (bicyclic) bond motifs is 1. The van der Waals surface area contributed by atoms with E-state index in [0.717, 1.165) is 66.8 Å². The van der Waals surface area contributed by atoms with Gasteiger partial charge in [0.15, 0.2) is 5.82 Å². The Balaban J connectivity index is 0.988. The summed E-state index contributed by atoms with van der Waals surface area (Å²) >= 11 is 0. The fourth-order valence-electron chi connectivity index (χ4n) is 7.96. The molecule has 0 bridgehead atoms. The van der Waals surface area contributed by atoms with E-state index in [1.165, 1.54) is 17.2 Å². The molecule has 7 rings (SSSR count). The number of hydrogen-bond acceptors (Lipinski definition) is 10. The van der Waals surface area contributed by atoms with E-state index in [-0.39, 0.29) is 29.5 Å². The number of aromatic nitrogens is 3. The van der Waals surface area contributed by atoms with Gasteiger partial charge in [-0.05, 0) is 106 Å². The molecule has 3 saturated heterocycles. The highest BCUT2D eigenvalue weighted by Gasteiger charge is 2.33. The van der Waals surface area contributed by atoms with Crippen LogP contribution in [-0.4, -0.2) is 77.3 Å². The summed E-state index contributed by atoms with van der Waals surface area (Å²) in [5.74, 6) is 0.977. The molecule has 0 radical (unpaired) electrons. The third-order valence-electron chi connectivity index (χ3n) is 10.9. The molecule has 1 unspecified atom stereocenters. The summed E-state index contributed by atoms with van der Waals surface area (Å²) in [5.41, 5.74) is 9.65. The molecule has 0 saturated carbocycles. The van der Waals surface area contributed by atoms with Crippen molar-refractivity contribution in [3.8, 4) is 0 Å². The fourth-order valence-corrected chi connectivity index (χ4v) is 7.96. The minimum Gasteiger partial charge on any atom is -0.399 e. The normalized spacial score (nSPS) is 21.1. The molecule has 14 heteroatoms. The molecule has 2 aromatic heterocycles. The summed E-state index contributed by atoms with van der Waals surface area (Å²) in [6, 6.07) is 11.3. The summed E-state index contributed by atoms with van der Waals surface area (Å²) in [7, 11) is 0. The van der Waals surface area contributed by atoms with Gasteiger partial charge in [0.2, 0.25) is 11.8 Å². The maximum atomic E-state index is 13.5. The van der Waals surface area contributed by atoms with Gasteiger partial charge >= 0.3 is 6.18 Å². The van der Waals surface area contributed by atoms with Crippen molar-refractivity contribution in [3.63, 3.8) is 0 Å². The number of halogens is 3. The van der Waals surface area contributed by atoms with Gasteiger partial charge in [-0.1, -0.05) is 18.2 Å². The van der Waals surface area contributed by atoms with Crippen molar-refractivity contribution in [1.29, 1.82) is 0 Å². The molecular weight excluding hydrogens is 685 g/mol. The van der Waals surface area contributed by atoms with Crippen molar-refractivity contribution < 1.29 is 27.5 Å². The lowest BCUT2D eigenvalue weighted by atomic mass is 9.83. The Bertz CT molecular complexity index is 2020. The van der Waals surface area contributed by atoms with Crippen molar-refractivity contribution in [1.82, 2.24) is 25.4 Å². The number of aryl methyl sites for hydroxylation is 2. The average Bonchev–Trinajstić information content (AvgIpc) is 3.12. The summed E-state index contributed by atoms with van der Waals surface area (Å²) in [6.07, 6.45) is 0.242. The summed E-state index contributed by atoms with van der Waals surface area (Å²) in [6.45, 7) is 10.3. The van der Waals surface area contributed by atoms with Gasteiger partial charge in [0.1, 0.15) is 5.82 Å². The number of ether oxygens (including phenoxy) is 1. The van der Waals surface area contributed by atoms with Crippen LogP contribution in [0.3, 0.4) is 0 Å². The molecule has 3 aliphatic heterocycles. The Morgan fingerprint density at radius 3 is 2.55 bits per heavy atom. The zero-order valence-corrected chi connectivity index (χ0v) is 30.2. The minimum absolute atomic E-state index is 0.00590. The average molecular weight is 731 g/mol. The van der Waals surface area contributed by atoms with Crippen LogP contribution in [0, 0.1) is 13.8 Å². The number of nitrogens with one attached hydrogen (secondary N) is 2. The number of nitrogen functional groups attached to an aromatic ring is 1. The first-order valence-electron chi connectivity index (χ1n) is 18.2. The number of rotatable bonds is 8. The third kappa shape index (κ3) is 8.08. The van der Waals surface area contributed by atoms with Crippen LogP contribution in [0.1, 0.15) is 84.0 Å². The first kappa shape index (κ1) is 36.5. The number of imide groups is 1. The van der Waals surface area contributed by atoms with Crippen LogP contribution in [0.15, 0.2) is 48.7 Å². The highest BCUT2D eigenvalue weighted by atomic mass is 19.4. The monoisotopic (exact) mass is 730 g/mol. The molecule has 3 fully saturated rings. The van der Waals surface area contributed by atoms with E-state index in [2.05, 4.69) is 55.8 Å². The number of nitrogens with zero attached hydrogens (tertiary/aromatic N) is 5. The lowest BCUT2D eigenvalue weighted by Crippen LogP contribution is -2.49. The molecule has 4 N–H and O–H groups in total. The van der Waals surface area contributed by atoms with Gasteiger partial charge in [0.25, 0.3) is 0 Å². The van der Waals surface area contributed by atoms with E-state index in [0.29, 0.717) is 55.5 Å². The third-order valence-corrected chi connectivity index (χ3v) is 10.9. The van der Waals surface area contributed by atoms with Crippen molar-refractivity contribution in [3.05, 3.63) is 82.2 Å². The molecule has 280 valence electrons. The first-order chi connectivity index (χ1) is 25.3. The van der Waals surface area contributed by atoms with E-state index < -0.39 is 17.8 Å². The van der Waals surface area contributed by atoms with Crippen LogP contribution >= 0.6 is 0 Å². The lowest BCUT2D eigenvalue weighted by Gasteiger charge is -2.39. The number of likely N-dealkylation sites (tertiary alicyclic amines) is 1. The molecule has 0 aliphatic carbocycles. The maximum Gasteiger partial charge on any atom is 0.416 e. The topological polar surface area (TPSA) is 139 Å². The molecule has 5 heterocycles. The van der Waals surface area contributed by atoms with E-state index >= 15 is 0 Å². The SMILES string of the molecule is Cc1cc(C2CCC(=O)NC2=O)ccc1C1CCN(C[C@@H]2CN(c3cc4c(N[C@H](C)c5cc(N)cc(C(F)(F)F)c5)nnc(C)c4cn3)CCO2)CC1. The summed E-state index contributed by atoms with van der Waals surface area (Å²) in [4.78, 5) is 33.5. The zero-order valence-electron chi connectivity index (χ0n) is 30.2. The van der Waals surface area contributed by atoms with Crippen LogP contribution in [0.2, 0.25) is 0 Å². The highest BCUT2D eigenvalue weighted by molar-refractivity contribution is 6.01. The largest absolute Gasteiger partial charge is 0.416 e. The number of anilines is 3. The van der Waals surface area contributed by atoms with Crippen molar-refractivity contribution in [2.75, 3.05) is 55.3 Å². The molecule has 2 amide bonds. The van der Waals surface area contributed by atoms with Gasteiger partial charge in [-0.2, -0.15) is 18.3 Å². The summed E-state index contributed by atoms with van der Waals surface area (Å²) < 4.78 is 46.7. The van der Waals surface area contributed by atoms with Crippen LogP contribution in [0.4, 0.5) is 30.5 Å². The predicted octanol–water partition coefficient (Wildman–Crippen LogP) is 6.02. The molecule has 3 atom stereocenters. The lowest BCUT2D eigenvalue weighted by molar-refractivity contribution is -0.138. The van der Waals surface area contributed by atoms with E-state index in [1.54, 1.807) is 13.1 Å².